The summed E-state index contributed by atoms with van der Waals surface area (Å²) in [5.41, 5.74) is 14.0. The van der Waals surface area contributed by atoms with Gasteiger partial charge in [-0.3, -0.25) is 9.59 Å². The van der Waals surface area contributed by atoms with Gasteiger partial charge < -0.3 is 11.5 Å². The topological polar surface area (TPSA) is 86.2 Å². The lowest BCUT2D eigenvalue weighted by atomic mass is 9.94. The zero-order valence-corrected chi connectivity index (χ0v) is 10.5. The molecule has 0 aromatic heterocycles. The van der Waals surface area contributed by atoms with Gasteiger partial charge in [-0.2, -0.15) is 0 Å². The molecule has 0 saturated heterocycles. The molecule has 0 spiro atoms. The molecule has 5 heteroatoms. The number of amides is 2. The van der Waals surface area contributed by atoms with Crippen LogP contribution in [0.3, 0.4) is 0 Å². The Balaban J connectivity index is 2.49. The first-order valence-electron chi connectivity index (χ1n) is 5.57. The summed E-state index contributed by atoms with van der Waals surface area (Å²) in [4.78, 5) is 23.1. The van der Waals surface area contributed by atoms with Gasteiger partial charge in [0.05, 0.1) is 5.56 Å². The van der Waals surface area contributed by atoms with E-state index in [-0.39, 0.29) is 0 Å². The maximum atomic E-state index is 11.7. The van der Waals surface area contributed by atoms with Crippen LogP contribution in [0, 0.1) is 0 Å². The van der Waals surface area contributed by atoms with Crippen LogP contribution in [-0.4, -0.2) is 11.8 Å². The lowest BCUT2D eigenvalue weighted by Gasteiger charge is -2.10. The molecular weight excluding hydrogens is 264 g/mol. The van der Waals surface area contributed by atoms with Crippen LogP contribution < -0.4 is 11.5 Å². The first kappa shape index (κ1) is 11.7. The molecule has 4 rings (SSSR count). The fourth-order valence-corrected chi connectivity index (χ4v) is 2.67. The molecule has 94 valence electrons. The van der Waals surface area contributed by atoms with Gasteiger partial charge in [-0.05, 0) is 34.9 Å². The number of halogens is 1. The Morgan fingerprint density at radius 2 is 1.58 bits per heavy atom. The van der Waals surface area contributed by atoms with Crippen molar-refractivity contribution < 1.29 is 9.59 Å². The Hall–Kier alpha value is -2.33. The molecule has 0 heterocycles. The number of carbonyl (C=O) groups is 2. The molecule has 19 heavy (non-hydrogen) atoms. The lowest BCUT2D eigenvalue weighted by Crippen LogP contribution is -2.16. The summed E-state index contributed by atoms with van der Waals surface area (Å²) in [6.45, 7) is 0. The zero-order chi connectivity index (χ0) is 13.7. The van der Waals surface area contributed by atoms with Crippen molar-refractivity contribution in [2.45, 2.75) is 0 Å². The second-order valence-electron chi connectivity index (χ2n) is 4.37. The molecule has 0 atom stereocenters. The number of carbonyl (C=O) groups excluding carboxylic acids is 2. The minimum absolute atomic E-state index is 0.327. The molecule has 2 aliphatic rings. The quantitative estimate of drug-likeness (QED) is 0.749. The molecule has 0 saturated carbocycles. The maximum Gasteiger partial charge on any atom is 0.249 e. The van der Waals surface area contributed by atoms with E-state index >= 15 is 0 Å². The van der Waals surface area contributed by atoms with E-state index in [0.717, 1.165) is 5.56 Å². The van der Waals surface area contributed by atoms with Gasteiger partial charge in [-0.15, -0.1) is 0 Å². The van der Waals surface area contributed by atoms with Crippen LogP contribution in [-0.2, 0) is 0 Å². The summed E-state index contributed by atoms with van der Waals surface area (Å²) in [6, 6.07) is 8.50. The number of fused-ring (bicyclic) bond motifs is 2. The van der Waals surface area contributed by atoms with Crippen molar-refractivity contribution in [3.63, 3.8) is 0 Å². The highest BCUT2D eigenvalue weighted by atomic mass is 35.5. The van der Waals surface area contributed by atoms with E-state index in [1.54, 1.807) is 24.3 Å². The van der Waals surface area contributed by atoms with Crippen LogP contribution in [0.2, 0.25) is 5.02 Å². The summed E-state index contributed by atoms with van der Waals surface area (Å²) in [5.74, 6) is -1.11. The van der Waals surface area contributed by atoms with Crippen molar-refractivity contribution in [3.05, 3.63) is 46.5 Å². The minimum atomic E-state index is -0.558. The van der Waals surface area contributed by atoms with Crippen LogP contribution >= 0.6 is 11.6 Å². The highest BCUT2D eigenvalue weighted by Crippen LogP contribution is 2.42. The fraction of sp³-hybridized carbons (Fsp3) is 0. The predicted molar refractivity (Wildman–Crippen MR) is 72.9 cm³/mol. The highest BCUT2D eigenvalue weighted by Gasteiger charge is 2.24. The predicted octanol–water partition coefficient (Wildman–Crippen LogP) is 2.19. The van der Waals surface area contributed by atoms with E-state index in [9.17, 15) is 9.59 Å². The molecule has 4 N–H and O–H groups in total. The Morgan fingerprint density at radius 3 is 2.16 bits per heavy atom. The third kappa shape index (κ3) is 1.61. The zero-order valence-electron chi connectivity index (χ0n) is 9.74. The Bertz CT molecular complexity index is 753. The third-order valence-corrected chi connectivity index (χ3v) is 3.55. The number of benzene rings is 2. The van der Waals surface area contributed by atoms with Crippen LogP contribution in [0.5, 0.6) is 0 Å². The third-order valence-electron chi connectivity index (χ3n) is 3.24. The number of hydrogen-bond donors (Lipinski definition) is 2. The SMILES string of the molecule is NC(=O)c1cc2c(C(N)=O)c(c1)-c1ccc-2cc1Cl. The molecule has 0 unspecified atom stereocenters. The van der Waals surface area contributed by atoms with Crippen molar-refractivity contribution >= 4 is 23.4 Å². The molecule has 2 aromatic carbocycles. The lowest BCUT2D eigenvalue weighted by molar-refractivity contribution is 0.0989. The number of primary amides is 2. The summed E-state index contributed by atoms with van der Waals surface area (Å²) in [7, 11) is 0. The van der Waals surface area contributed by atoms with E-state index in [4.69, 9.17) is 23.1 Å². The Kier molecular flexibility index (Phi) is 2.37. The van der Waals surface area contributed by atoms with Crippen molar-refractivity contribution in [2.24, 2.45) is 11.5 Å². The molecule has 2 aliphatic carbocycles. The fourth-order valence-electron chi connectivity index (χ4n) is 2.39. The van der Waals surface area contributed by atoms with Gasteiger partial charge in [-0.1, -0.05) is 23.7 Å². The Labute approximate surface area is 114 Å². The molecule has 4 nitrogen and oxygen atoms in total. The van der Waals surface area contributed by atoms with Gasteiger partial charge in [0.25, 0.3) is 0 Å². The largest absolute Gasteiger partial charge is 0.366 e. The van der Waals surface area contributed by atoms with E-state index in [1.807, 2.05) is 6.07 Å². The van der Waals surface area contributed by atoms with E-state index in [0.29, 0.717) is 32.8 Å². The monoisotopic (exact) mass is 272 g/mol. The van der Waals surface area contributed by atoms with Crippen molar-refractivity contribution in [3.8, 4) is 22.3 Å². The second kappa shape index (κ2) is 3.83. The van der Waals surface area contributed by atoms with E-state index < -0.39 is 11.8 Å². The summed E-state index contributed by atoms with van der Waals surface area (Å²) in [6.07, 6.45) is 0. The van der Waals surface area contributed by atoms with Gasteiger partial charge in [-0.25, -0.2) is 0 Å². The van der Waals surface area contributed by atoms with Crippen LogP contribution in [0.4, 0.5) is 0 Å². The highest BCUT2D eigenvalue weighted by molar-refractivity contribution is 6.34. The van der Waals surface area contributed by atoms with Gasteiger partial charge in [0.2, 0.25) is 11.8 Å². The van der Waals surface area contributed by atoms with Crippen molar-refractivity contribution in [1.29, 1.82) is 0 Å². The van der Waals surface area contributed by atoms with E-state index in [1.165, 1.54) is 0 Å². The normalized spacial score (nSPS) is 11.2. The van der Waals surface area contributed by atoms with Crippen LogP contribution in [0.1, 0.15) is 20.7 Å². The van der Waals surface area contributed by atoms with Crippen molar-refractivity contribution in [2.75, 3.05) is 0 Å². The van der Waals surface area contributed by atoms with Gasteiger partial charge in [0.15, 0.2) is 0 Å². The number of nitrogens with two attached hydrogens (primary N) is 2. The summed E-state index contributed by atoms with van der Waals surface area (Å²) >= 11 is 6.17. The first-order chi connectivity index (χ1) is 8.99. The smallest absolute Gasteiger partial charge is 0.249 e. The minimum Gasteiger partial charge on any atom is -0.366 e. The number of hydrogen-bond acceptors (Lipinski definition) is 2. The average Bonchev–Trinajstić information content (AvgIpc) is 2.48. The van der Waals surface area contributed by atoms with Gasteiger partial charge in [0, 0.05) is 16.1 Å². The molecular formula is C14H9ClN2O2. The van der Waals surface area contributed by atoms with Gasteiger partial charge in [0.1, 0.15) is 0 Å². The first-order valence-corrected chi connectivity index (χ1v) is 5.95. The Morgan fingerprint density at radius 1 is 0.895 bits per heavy atom. The van der Waals surface area contributed by atoms with Crippen LogP contribution in [0.25, 0.3) is 22.3 Å². The average molecular weight is 273 g/mol. The van der Waals surface area contributed by atoms with Gasteiger partial charge >= 0.3 is 0 Å². The standard InChI is InChI=1S/C14H9ClN2O2/c15-11-5-6-1-2-8(11)10-4-7(13(16)18)3-9(6)12(10)14(17)19/h1-5H,(H2,16,18)(H2,17,19). The molecule has 0 fully saturated rings. The van der Waals surface area contributed by atoms with Crippen molar-refractivity contribution in [1.82, 2.24) is 0 Å². The summed E-state index contributed by atoms with van der Waals surface area (Å²) < 4.78 is 0. The second-order valence-corrected chi connectivity index (χ2v) is 4.78. The molecule has 2 amide bonds. The molecule has 2 aromatic rings. The summed E-state index contributed by atoms with van der Waals surface area (Å²) in [5, 5.41) is 0.511. The molecule has 0 radical (unpaired) electrons. The maximum absolute atomic E-state index is 11.7. The number of rotatable bonds is 2. The molecule has 4 bridgehead atoms. The van der Waals surface area contributed by atoms with Crippen LogP contribution in [0.15, 0.2) is 30.3 Å². The van der Waals surface area contributed by atoms with E-state index in [2.05, 4.69) is 0 Å². The molecule has 0 aliphatic heterocycles.